The van der Waals surface area contributed by atoms with E-state index in [1.54, 1.807) is 0 Å². The molecule has 0 aliphatic carbocycles. The Balaban J connectivity index is 0.853. The molecule has 0 atom stereocenters. The lowest BCUT2D eigenvalue weighted by molar-refractivity contribution is 0.0223. The van der Waals surface area contributed by atoms with Crippen LogP contribution in [0, 0.1) is 0 Å². The van der Waals surface area contributed by atoms with Crippen LogP contribution in [0.1, 0.15) is 0 Å². The van der Waals surface area contributed by atoms with Crippen LogP contribution in [0.3, 0.4) is 0 Å². The standard InChI is InChI=1S/C68H70N8O16/c1-3-11-47-45(9-1)61-69-62-46-10-2-4-12-48(46)64(71-62)73-66-50-42-58-60(92-40-32-84-24-20-80-28-36-88-56-16-8-6-14-54(56)86-34-26-78-18-22-82-30-38-90-58)44-52(50)68(75-66)76-67-51-43-59-57(41-49(51)65(74-67)72-63(47)70-61)89-37-29-81-21-17-77-25-33-85-53-13-5-7-15-55(53)87-35-27-79-19-23-83-31-39-91-59/h1-16,41-44H,17-40H2,(H2,69,70,71,72,73,74,75,76). The number of fused-ring (bicyclic) bond motifs is 24. The fraction of sp³-hybridized carbons (Fsp3) is 0.353. The molecule has 6 aromatic carbocycles. The van der Waals surface area contributed by atoms with Crippen molar-refractivity contribution in [1.82, 2.24) is 39.9 Å². The van der Waals surface area contributed by atoms with E-state index in [1.165, 1.54) is 0 Å². The smallest absolute Gasteiger partial charge is 0.164 e. The van der Waals surface area contributed by atoms with Crippen molar-refractivity contribution in [2.45, 2.75) is 0 Å². The molecule has 24 nitrogen and oxygen atoms in total. The summed E-state index contributed by atoms with van der Waals surface area (Å²) in [4.78, 5) is 38.5. The van der Waals surface area contributed by atoms with Crippen molar-refractivity contribution < 1.29 is 75.8 Å². The number of nitrogens with one attached hydrogen (secondary N) is 2. The molecule has 4 aliphatic heterocycles. The molecule has 478 valence electrons. The predicted octanol–water partition coefficient (Wildman–Crippen LogP) is 9.46. The molecule has 9 aromatic rings. The van der Waals surface area contributed by atoms with Gasteiger partial charge in [-0.2, -0.15) is 0 Å². The number of rotatable bonds is 0. The van der Waals surface area contributed by atoms with Crippen LogP contribution in [0.15, 0.2) is 121 Å². The quantitative estimate of drug-likeness (QED) is 0.143. The summed E-state index contributed by atoms with van der Waals surface area (Å²) < 4.78 is 97.2. The molecule has 0 amide bonds. The lowest BCUT2D eigenvalue weighted by Gasteiger charge is -2.15. The molecular formula is C68H70N8O16. The first-order valence-electron chi connectivity index (χ1n) is 30.9. The lowest BCUT2D eigenvalue weighted by Crippen LogP contribution is -2.15. The maximum absolute atomic E-state index is 6.54. The highest BCUT2D eigenvalue weighted by Crippen LogP contribution is 2.44. The highest BCUT2D eigenvalue weighted by Gasteiger charge is 2.26. The van der Waals surface area contributed by atoms with E-state index in [0.717, 1.165) is 21.9 Å². The Labute approximate surface area is 529 Å². The van der Waals surface area contributed by atoms with Gasteiger partial charge in [0.15, 0.2) is 69.3 Å². The number of aromatic nitrogens is 8. The van der Waals surface area contributed by atoms with Crippen LogP contribution in [-0.4, -0.2) is 198 Å². The number of benzene rings is 6. The molecule has 0 saturated carbocycles. The number of aromatic amines is 2. The molecule has 92 heavy (non-hydrogen) atoms. The topological polar surface area (TPSA) is 257 Å². The van der Waals surface area contributed by atoms with Gasteiger partial charge in [-0.05, 0) is 48.5 Å². The van der Waals surface area contributed by atoms with Crippen molar-refractivity contribution in [3.63, 3.8) is 0 Å². The van der Waals surface area contributed by atoms with Crippen LogP contribution < -0.4 is 37.9 Å². The highest BCUT2D eigenvalue weighted by molar-refractivity contribution is 6.07. The number of H-pyrrole nitrogens is 2. The second-order valence-corrected chi connectivity index (χ2v) is 21.0. The fourth-order valence-electron chi connectivity index (χ4n) is 10.5. The summed E-state index contributed by atoms with van der Waals surface area (Å²) in [5.41, 5.74) is 4.79. The van der Waals surface area contributed by atoms with Crippen molar-refractivity contribution in [3.8, 4) is 91.5 Å². The van der Waals surface area contributed by atoms with Gasteiger partial charge < -0.3 is 85.8 Å². The SMILES string of the molecule is c1ccc2c(c1)OCCOCCOCCOc1cc3c(cc1OCCOCCOCCO2)-c1nc-3nc2[nH]c(nc3nc(nc4[nH]c(n1)c1cc5c(cc41)OCCOCCOCCOc1ccccc1OCCOCCOCCO5)-c1ccccc1-3)c1ccccc21. The van der Waals surface area contributed by atoms with Gasteiger partial charge in [-0.1, -0.05) is 72.8 Å². The van der Waals surface area contributed by atoms with Gasteiger partial charge >= 0.3 is 0 Å². The van der Waals surface area contributed by atoms with E-state index in [4.69, 9.17) is 106 Å². The van der Waals surface area contributed by atoms with Crippen molar-refractivity contribution in [2.75, 3.05) is 159 Å². The largest absolute Gasteiger partial charge is 0.487 e. The maximum atomic E-state index is 6.54. The van der Waals surface area contributed by atoms with Crippen LogP contribution in [0.2, 0.25) is 0 Å². The summed E-state index contributed by atoms with van der Waals surface area (Å²) in [6, 6.07) is 38.3. The Hall–Kier alpha value is -9.24. The van der Waals surface area contributed by atoms with Gasteiger partial charge in [0, 0.05) is 43.8 Å². The molecule has 7 heterocycles. The second-order valence-electron chi connectivity index (χ2n) is 21.0. The molecular weight excluding hydrogens is 1180 g/mol. The number of hydrogen-bond acceptors (Lipinski definition) is 22. The summed E-state index contributed by atoms with van der Waals surface area (Å²) >= 11 is 0. The van der Waals surface area contributed by atoms with E-state index in [0.29, 0.717) is 219 Å². The minimum atomic E-state index is 0.181. The normalized spacial score (nSPS) is 16.9. The molecule has 3 aromatic heterocycles. The van der Waals surface area contributed by atoms with Crippen LogP contribution in [-0.2, 0) is 37.9 Å². The van der Waals surface area contributed by atoms with E-state index >= 15 is 0 Å². The monoisotopic (exact) mass is 1250 g/mol. The van der Waals surface area contributed by atoms with E-state index in [9.17, 15) is 0 Å². The van der Waals surface area contributed by atoms with Gasteiger partial charge in [0.2, 0.25) is 0 Å². The van der Waals surface area contributed by atoms with Gasteiger partial charge in [0.05, 0.1) is 106 Å². The van der Waals surface area contributed by atoms with E-state index < -0.39 is 0 Å². The minimum absolute atomic E-state index is 0.181. The van der Waals surface area contributed by atoms with Crippen molar-refractivity contribution in [1.29, 1.82) is 0 Å². The van der Waals surface area contributed by atoms with Crippen LogP contribution in [0.5, 0.6) is 46.0 Å². The Morgan fingerprint density at radius 1 is 0.207 bits per heavy atom. The summed E-state index contributed by atoms with van der Waals surface area (Å²) in [6.45, 7) is 7.32. The highest BCUT2D eigenvalue weighted by atomic mass is 16.6. The Bertz CT molecular complexity index is 4130. The summed E-state index contributed by atoms with van der Waals surface area (Å²) in [7, 11) is 0. The van der Waals surface area contributed by atoms with Crippen molar-refractivity contribution in [3.05, 3.63) is 121 Å². The van der Waals surface area contributed by atoms with Gasteiger partial charge in [-0.15, -0.1) is 0 Å². The molecule has 13 rings (SSSR count). The van der Waals surface area contributed by atoms with Gasteiger partial charge in [-0.3, -0.25) is 0 Å². The first-order valence-corrected chi connectivity index (χ1v) is 30.9. The summed E-state index contributed by atoms with van der Waals surface area (Å²) in [6.07, 6.45) is 0. The molecule has 8 bridgehead atoms. The molecule has 0 saturated heterocycles. The summed E-state index contributed by atoms with van der Waals surface area (Å²) in [5, 5.41) is 2.96. The Morgan fingerprint density at radius 2 is 0.435 bits per heavy atom. The zero-order valence-corrected chi connectivity index (χ0v) is 50.7. The number of hydrogen-bond donors (Lipinski definition) is 2. The van der Waals surface area contributed by atoms with Crippen molar-refractivity contribution >= 4 is 44.1 Å². The van der Waals surface area contributed by atoms with Crippen molar-refractivity contribution in [2.24, 2.45) is 0 Å². The second kappa shape index (κ2) is 31.2. The Kier molecular flexibility index (Phi) is 20.9. The first kappa shape index (κ1) is 61.6. The predicted molar refractivity (Wildman–Crippen MR) is 339 cm³/mol. The van der Waals surface area contributed by atoms with Crippen LogP contribution >= 0.6 is 0 Å². The van der Waals surface area contributed by atoms with E-state index in [2.05, 4.69) is 9.97 Å². The molecule has 0 radical (unpaired) electrons. The number of ether oxygens (including phenoxy) is 16. The molecule has 0 spiro atoms. The molecule has 2 N–H and O–H groups in total. The van der Waals surface area contributed by atoms with Gasteiger partial charge in [0.1, 0.15) is 75.4 Å². The third-order valence-corrected chi connectivity index (χ3v) is 14.8. The Morgan fingerprint density at radius 3 is 0.739 bits per heavy atom. The zero-order chi connectivity index (χ0) is 61.9. The van der Waals surface area contributed by atoms with Gasteiger partial charge in [0.25, 0.3) is 0 Å². The zero-order valence-electron chi connectivity index (χ0n) is 50.7. The van der Waals surface area contributed by atoms with Crippen LogP contribution in [0.25, 0.3) is 89.7 Å². The molecule has 0 unspecified atom stereocenters. The fourth-order valence-corrected chi connectivity index (χ4v) is 10.5. The van der Waals surface area contributed by atoms with E-state index in [-0.39, 0.29) is 52.9 Å². The molecule has 4 aliphatic rings. The van der Waals surface area contributed by atoms with E-state index in [1.807, 2.05) is 121 Å². The third kappa shape index (κ3) is 15.4. The molecule has 24 heteroatoms. The lowest BCUT2D eigenvalue weighted by atomic mass is 10.1. The molecule has 0 fully saturated rings. The van der Waals surface area contributed by atoms with Crippen LogP contribution in [0.4, 0.5) is 0 Å². The number of para-hydroxylation sites is 4. The maximum Gasteiger partial charge on any atom is 0.164 e. The third-order valence-electron chi connectivity index (χ3n) is 14.8. The average Bonchev–Trinajstić information content (AvgIpc) is 1.64. The number of nitrogens with zero attached hydrogens (tertiary/aromatic N) is 6. The summed E-state index contributed by atoms with van der Waals surface area (Å²) in [5.74, 6) is 5.84. The van der Waals surface area contributed by atoms with Gasteiger partial charge in [-0.25, -0.2) is 29.9 Å². The first-order chi connectivity index (χ1) is 45.7. The minimum Gasteiger partial charge on any atom is -0.487 e. The average molecular weight is 1260 g/mol.